The molecule has 0 radical (unpaired) electrons. The molecule has 0 aliphatic carbocycles. The second-order valence-electron chi connectivity index (χ2n) is 7.46. The van der Waals surface area contributed by atoms with Crippen molar-refractivity contribution in [2.75, 3.05) is 45.3 Å². The van der Waals surface area contributed by atoms with Gasteiger partial charge in [0, 0.05) is 38.7 Å². The Labute approximate surface area is 186 Å². The van der Waals surface area contributed by atoms with E-state index >= 15 is 0 Å². The second kappa shape index (κ2) is 9.65. The summed E-state index contributed by atoms with van der Waals surface area (Å²) in [7, 11) is 1.56. The number of nitrogens with one attached hydrogen (secondary N) is 1. The molecule has 3 aromatic rings. The van der Waals surface area contributed by atoms with Gasteiger partial charge in [-0.05, 0) is 6.92 Å². The number of alkyl halides is 3. The molecule has 3 aromatic heterocycles. The van der Waals surface area contributed by atoms with Crippen LogP contribution in [0.3, 0.4) is 0 Å². The van der Waals surface area contributed by atoms with Crippen LogP contribution in [0, 0.1) is 6.92 Å². The minimum Gasteiger partial charge on any atom is -0.383 e. The summed E-state index contributed by atoms with van der Waals surface area (Å²) in [5, 5.41) is 6.11. The molecule has 0 spiro atoms. The van der Waals surface area contributed by atoms with E-state index in [-0.39, 0.29) is 11.2 Å². The lowest BCUT2D eigenvalue weighted by Gasteiger charge is -2.31. The van der Waals surface area contributed by atoms with Gasteiger partial charge in [-0.3, -0.25) is 4.90 Å². The number of aromatic nitrogens is 5. The fourth-order valence-electron chi connectivity index (χ4n) is 3.52. The van der Waals surface area contributed by atoms with Crippen LogP contribution < -0.4 is 5.32 Å². The van der Waals surface area contributed by atoms with Crippen molar-refractivity contribution in [3.05, 3.63) is 28.2 Å². The molecular formula is C19H24F3N7O2S. The van der Waals surface area contributed by atoms with Crippen LogP contribution in [0.25, 0.3) is 11.2 Å². The maximum Gasteiger partial charge on any atom is 0.406 e. The lowest BCUT2D eigenvalue weighted by Crippen LogP contribution is -2.38. The van der Waals surface area contributed by atoms with Crippen LogP contribution in [0.15, 0.2) is 11.7 Å². The topological polar surface area (TPSA) is 90.2 Å². The summed E-state index contributed by atoms with van der Waals surface area (Å²) >= 11 is 1.60. The number of rotatable bonds is 8. The molecule has 0 amide bonds. The number of hydrogen-bond donors (Lipinski definition) is 1. The SMILES string of the molecule is COCCNc1nc(C2CN(Cc3csc(C)n3)CCO2)nc2c1ncn2CC(F)(F)F. The Morgan fingerprint density at radius 3 is 2.88 bits per heavy atom. The van der Waals surface area contributed by atoms with E-state index in [2.05, 4.69) is 30.2 Å². The number of hydrogen-bond acceptors (Lipinski definition) is 9. The van der Waals surface area contributed by atoms with Gasteiger partial charge in [-0.1, -0.05) is 0 Å². The molecule has 174 valence electrons. The molecule has 1 saturated heterocycles. The number of anilines is 1. The number of halogens is 3. The standard InChI is InChI=1S/C19H24F3N7O2S/c1-12-25-13(9-32-12)7-28-4-6-31-14(8-28)16-26-17(23-3-5-30-2)15-18(27-16)29(11-24-15)10-19(20,21)22/h9,11,14H,3-8,10H2,1-2H3,(H,23,26,27). The highest BCUT2D eigenvalue weighted by atomic mass is 32.1. The van der Waals surface area contributed by atoms with E-state index < -0.39 is 18.8 Å². The Bertz CT molecular complexity index is 1060. The molecule has 32 heavy (non-hydrogen) atoms. The van der Waals surface area contributed by atoms with Gasteiger partial charge in [-0.2, -0.15) is 13.2 Å². The molecule has 0 bridgehead atoms. The molecule has 1 aliphatic heterocycles. The average Bonchev–Trinajstić information content (AvgIpc) is 3.33. The summed E-state index contributed by atoms with van der Waals surface area (Å²) in [5.41, 5.74) is 1.37. The van der Waals surface area contributed by atoms with Crippen molar-refractivity contribution in [2.45, 2.75) is 32.3 Å². The molecular weight excluding hydrogens is 447 g/mol. The van der Waals surface area contributed by atoms with E-state index in [0.717, 1.165) is 28.1 Å². The van der Waals surface area contributed by atoms with Gasteiger partial charge >= 0.3 is 6.18 Å². The maximum absolute atomic E-state index is 13.1. The summed E-state index contributed by atoms with van der Waals surface area (Å²) in [5.74, 6) is 0.680. The number of ether oxygens (including phenoxy) is 2. The zero-order chi connectivity index (χ0) is 22.7. The van der Waals surface area contributed by atoms with E-state index in [1.54, 1.807) is 18.4 Å². The third kappa shape index (κ3) is 5.52. The van der Waals surface area contributed by atoms with Crippen molar-refractivity contribution in [3.63, 3.8) is 0 Å². The summed E-state index contributed by atoms with van der Waals surface area (Å²) in [6, 6.07) is 0. The number of imidazole rings is 1. The predicted octanol–water partition coefficient (Wildman–Crippen LogP) is 2.79. The minimum atomic E-state index is -4.40. The Kier molecular flexibility index (Phi) is 6.88. The van der Waals surface area contributed by atoms with Gasteiger partial charge in [0.05, 0.1) is 30.2 Å². The highest BCUT2D eigenvalue weighted by molar-refractivity contribution is 7.09. The van der Waals surface area contributed by atoms with Gasteiger partial charge in [0.25, 0.3) is 0 Å². The van der Waals surface area contributed by atoms with Crippen LogP contribution >= 0.6 is 11.3 Å². The van der Waals surface area contributed by atoms with Gasteiger partial charge in [-0.15, -0.1) is 11.3 Å². The summed E-state index contributed by atoms with van der Waals surface area (Å²) in [6.07, 6.45) is -3.74. The summed E-state index contributed by atoms with van der Waals surface area (Å²) in [6.45, 7) is 3.97. The van der Waals surface area contributed by atoms with Crippen molar-refractivity contribution >= 4 is 28.3 Å². The Balaban J connectivity index is 1.61. The van der Waals surface area contributed by atoms with Crippen LogP contribution in [0.4, 0.5) is 19.0 Å². The zero-order valence-corrected chi connectivity index (χ0v) is 18.5. The first kappa shape index (κ1) is 22.8. The lowest BCUT2D eigenvalue weighted by atomic mass is 10.2. The fraction of sp³-hybridized carbons (Fsp3) is 0.579. The molecule has 4 rings (SSSR count). The van der Waals surface area contributed by atoms with Crippen molar-refractivity contribution in [2.24, 2.45) is 0 Å². The molecule has 1 N–H and O–H groups in total. The molecule has 9 nitrogen and oxygen atoms in total. The highest BCUT2D eigenvalue weighted by Gasteiger charge is 2.31. The van der Waals surface area contributed by atoms with Crippen LogP contribution in [0.5, 0.6) is 0 Å². The van der Waals surface area contributed by atoms with Crippen LogP contribution in [-0.2, 0) is 22.6 Å². The van der Waals surface area contributed by atoms with E-state index in [9.17, 15) is 13.2 Å². The molecule has 0 aromatic carbocycles. The van der Waals surface area contributed by atoms with Crippen LogP contribution in [-0.4, -0.2) is 75.5 Å². The van der Waals surface area contributed by atoms with Gasteiger partial charge in [0.2, 0.25) is 0 Å². The Hall–Kier alpha value is -2.35. The van der Waals surface area contributed by atoms with E-state index in [0.29, 0.717) is 44.5 Å². The van der Waals surface area contributed by atoms with Crippen molar-refractivity contribution < 1.29 is 22.6 Å². The van der Waals surface area contributed by atoms with Crippen molar-refractivity contribution in [1.82, 2.24) is 29.4 Å². The molecule has 1 aliphatic rings. The largest absolute Gasteiger partial charge is 0.406 e. The average molecular weight is 472 g/mol. The molecule has 1 fully saturated rings. The van der Waals surface area contributed by atoms with Crippen LogP contribution in [0.1, 0.15) is 22.6 Å². The Morgan fingerprint density at radius 2 is 2.16 bits per heavy atom. The summed E-state index contributed by atoms with van der Waals surface area (Å²) in [4.78, 5) is 19.8. The third-order valence-electron chi connectivity index (χ3n) is 4.92. The number of aryl methyl sites for hydroxylation is 1. The zero-order valence-electron chi connectivity index (χ0n) is 17.7. The van der Waals surface area contributed by atoms with Crippen molar-refractivity contribution in [3.8, 4) is 0 Å². The molecule has 1 unspecified atom stereocenters. The second-order valence-corrected chi connectivity index (χ2v) is 8.52. The number of thiazole rings is 1. The van der Waals surface area contributed by atoms with Gasteiger partial charge in [-0.25, -0.2) is 19.9 Å². The van der Waals surface area contributed by atoms with Crippen LogP contribution in [0.2, 0.25) is 0 Å². The monoisotopic (exact) mass is 471 g/mol. The first-order chi connectivity index (χ1) is 15.3. The van der Waals surface area contributed by atoms with E-state index in [1.165, 1.54) is 0 Å². The Morgan fingerprint density at radius 1 is 1.31 bits per heavy atom. The smallest absolute Gasteiger partial charge is 0.383 e. The maximum atomic E-state index is 13.1. The lowest BCUT2D eigenvalue weighted by molar-refractivity contribution is -0.140. The quantitative estimate of drug-likeness (QED) is 0.502. The molecule has 0 saturated carbocycles. The minimum absolute atomic E-state index is 0.114. The summed E-state index contributed by atoms with van der Waals surface area (Å²) < 4.78 is 51.1. The molecule has 4 heterocycles. The van der Waals surface area contributed by atoms with E-state index in [4.69, 9.17) is 9.47 Å². The number of methoxy groups -OCH3 is 1. The number of morpholine rings is 1. The third-order valence-corrected chi connectivity index (χ3v) is 5.74. The first-order valence-corrected chi connectivity index (χ1v) is 11.0. The first-order valence-electron chi connectivity index (χ1n) is 10.1. The van der Waals surface area contributed by atoms with Gasteiger partial charge in [0.15, 0.2) is 17.3 Å². The van der Waals surface area contributed by atoms with Crippen molar-refractivity contribution in [1.29, 1.82) is 0 Å². The molecule has 13 heteroatoms. The van der Waals surface area contributed by atoms with E-state index in [1.807, 2.05) is 12.3 Å². The number of fused-ring (bicyclic) bond motifs is 1. The highest BCUT2D eigenvalue weighted by Crippen LogP contribution is 2.28. The number of nitrogens with zero attached hydrogens (tertiary/aromatic N) is 6. The van der Waals surface area contributed by atoms with Gasteiger partial charge < -0.3 is 19.4 Å². The normalized spacial score (nSPS) is 17.8. The molecule has 1 atom stereocenters. The predicted molar refractivity (Wildman–Crippen MR) is 113 cm³/mol. The fourth-order valence-corrected chi connectivity index (χ4v) is 4.12. The van der Waals surface area contributed by atoms with Gasteiger partial charge in [0.1, 0.15) is 18.2 Å².